The van der Waals surface area contributed by atoms with Crippen molar-refractivity contribution in [1.82, 2.24) is 20.0 Å². The van der Waals surface area contributed by atoms with Crippen molar-refractivity contribution in [1.29, 1.82) is 0 Å². The smallest absolute Gasteiger partial charge is 0.244 e. The highest BCUT2D eigenvalue weighted by Crippen LogP contribution is 2.14. The molecule has 104 valence electrons. The number of rotatable bonds is 2. The van der Waals surface area contributed by atoms with Crippen molar-refractivity contribution in [3.63, 3.8) is 0 Å². The van der Waals surface area contributed by atoms with Gasteiger partial charge in [0.15, 0.2) is 0 Å². The highest BCUT2D eigenvalue weighted by molar-refractivity contribution is 5.85. The maximum absolute atomic E-state index is 12.2. The summed E-state index contributed by atoms with van der Waals surface area (Å²) >= 11 is 0. The topological polar surface area (TPSA) is 93.2 Å². The van der Waals surface area contributed by atoms with E-state index in [0.29, 0.717) is 18.8 Å². The van der Waals surface area contributed by atoms with Gasteiger partial charge >= 0.3 is 0 Å². The van der Waals surface area contributed by atoms with Gasteiger partial charge in [0.25, 0.3) is 0 Å². The number of anilines is 1. The number of carbonyl (C=O) groups is 2. The fraction of sp³-hybridized carbons (Fsp3) is 0.583. The largest absolute Gasteiger partial charge is 0.396 e. The molecule has 0 saturated carbocycles. The minimum atomic E-state index is -0.112. The van der Waals surface area contributed by atoms with Crippen LogP contribution in [0.4, 0.5) is 5.69 Å². The Morgan fingerprint density at radius 2 is 2.21 bits per heavy atom. The van der Waals surface area contributed by atoms with E-state index < -0.39 is 0 Å². The lowest BCUT2D eigenvalue weighted by Crippen LogP contribution is -2.39. The lowest BCUT2D eigenvalue weighted by molar-refractivity contribution is -0.135. The summed E-state index contributed by atoms with van der Waals surface area (Å²) in [5, 5.41) is 6.97. The van der Waals surface area contributed by atoms with Gasteiger partial charge in [-0.1, -0.05) is 0 Å². The van der Waals surface area contributed by atoms with Crippen molar-refractivity contribution in [2.45, 2.75) is 26.8 Å². The van der Waals surface area contributed by atoms with Crippen LogP contribution in [0.3, 0.4) is 0 Å². The molecular weight excluding hydrogens is 246 g/mol. The molecule has 0 aliphatic carbocycles. The number of nitrogen functional groups attached to an aromatic ring is 1. The normalized spacial score (nSPS) is 16.1. The zero-order chi connectivity index (χ0) is 14.0. The Balaban J connectivity index is 2.07. The van der Waals surface area contributed by atoms with Crippen molar-refractivity contribution in [2.24, 2.45) is 0 Å². The van der Waals surface area contributed by atoms with Crippen molar-refractivity contribution >= 4 is 17.5 Å². The monoisotopic (exact) mass is 265 g/mol. The maximum Gasteiger partial charge on any atom is 0.244 e. The Bertz CT molecular complexity index is 508. The van der Waals surface area contributed by atoms with Crippen molar-refractivity contribution in [3.8, 4) is 0 Å². The van der Waals surface area contributed by atoms with Crippen LogP contribution in [0.5, 0.6) is 0 Å². The quantitative estimate of drug-likeness (QED) is 0.749. The lowest BCUT2D eigenvalue weighted by atomic mass is 10.3. The van der Waals surface area contributed by atoms with Crippen molar-refractivity contribution in [3.05, 3.63) is 11.4 Å². The van der Waals surface area contributed by atoms with E-state index in [4.69, 9.17) is 5.73 Å². The molecule has 1 aliphatic rings. The summed E-state index contributed by atoms with van der Waals surface area (Å²) in [6, 6.07) is 0. The Kier molecular flexibility index (Phi) is 3.73. The lowest BCUT2D eigenvalue weighted by Gasteiger charge is -2.19. The minimum absolute atomic E-state index is 0.109. The molecule has 0 aromatic carbocycles. The summed E-state index contributed by atoms with van der Waals surface area (Å²) in [5.74, 6) is -0.221. The number of nitrogens with one attached hydrogen (secondary N) is 1. The van der Waals surface area contributed by atoms with Crippen LogP contribution in [0, 0.1) is 13.8 Å². The zero-order valence-electron chi connectivity index (χ0n) is 11.3. The van der Waals surface area contributed by atoms with Gasteiger partial charge < -0.3 is 16.0 Å². The summed E-state index contributed by atoms with van der Waals surface area (Å²) in [4.78, 5) is 25.2. The molecule has 2 rings (SSSR count). The van der Waals surface area contributed by atoms with Gasteiger partial charge in [-0.05, 0) is 20.3 Å². The highest BCUT2D eigenvalue weighted by atomic mass is 16.2. The first-order valence-corrected chi connectivity index (χ1v) is 6.33. The van der Waals surface area contributed by atoms with Gasteiger partial charge in [-0.25, -0.2) is 0 Å². The van der Waals surface area contributed by atoms with Crippen LogP contribution < -0.4 is 11.1 Å². The third-order valence-corrected chi connectivity index (χ3v) is 3.34. The van der Waals surface area contributed by atoms with E-state index in [9.17, 15) is 9.59 Å². The Labute approximate surface area is 111 Å². The molecule has 1 aromatic heterocycles. The standard InChI is InChI=1S/C12H19N5O2/c1-8-12(13)9(2)17(15-8)7-11(19)16-5-3-4-14-10(18)6-16/h3-7,13H2,1-2H3,(H,14,18). The van der Waals surface area contributed by atoms with E-state index in [2.05, 4.69) is 10.4 Å². The van der Waals surface area contributed by atoms with E-state index in [-0.39, 0.29) is 24.9 Å². The molecule has 1 aliphatic heterocycles. The zero-order valence-corrected chi connectivity index (χ0v) is 11.3. The van der Waals surface area contributed by atoms with E-state index >= 15 is 0 Å². The van der Waals surface area contributed by atoms with Gasteiger partial charge in [0.2, 0.25) is 11.8 Å². The first-order valence-electron chi connectivity index (χ1n) is 6.33. The molecule has 0 unspecified atom stereocenters. The number of nitrogens with zero attached hydrogens (tertiary/aromatic N) is 3. The van der Waals surface area contributed by atoms with Gasteiger partial charge in [0, 0.05) is 13.1 Å². The van der Waals surface area contributed by atoms with Crippen molar-refractivity contribution < 1.29 is 9.59 Å². The second kappa shape index (κ2) is 5.29. The molecule has 0 atom stereocenters. The number of aromatic nitrogens is 2. The van der Waals surface area contributed by atoms with Crippen LogP contribution in [-0.4, -0.2) is 46.1 Å². The highest BCUT2D eigenvalue weighted by Gasteiger charge is 2.21. The third-order valence-electron chi connectivity index (χ3n) is 3.34. The number of aryl methyl sites for hydroxylation is 1. The summed E-state index contributed by atoms with van der Waals surface area (Å²) in [6.45, 7) is 5.09. The van der Waals surface area contributed by atoms with Gasteiger partial charge in [0.05, 0.1) is 23.6 Å². The number of hydrogen-bond donors (Lipinski definition) is 2. The number of amides is 2. The number of carbonyl (C=O) groups excluding carboxylic acids is 2. The van der Waals surface area contributed by atoms with Gasteiger partial charge in [-0.15, -0.1) is 0 Å². The van der Waals surface area contributed by atoms with Crippen molar-refractivity contribution in [2.75, 3.05) is 25.4 Å². The fourth-order valence-corrected chi connectivity index (χ4v) is 2.11. The molecule has 7 nitrogen and oxygen atoms in total. The molecule has 7 heteroatoms. The van der Waals surface area contributed by atoms with Crippen LogP contribution in [0.2, 0.25) is 0 Å². The summed E-state index contributed by atoms with van der Waals surface area (Å²) in [5.41, 5.74) is 7.95. The Morgan fingerprint density at radius 1 is 1.47 bits per heavy atom. The van der Waals surface area contributed by atoms with Crippen LogP contribution in [-0.2, 0) is 16.1 Å². The summed E-state index contributed by atoms with van der Waals surface area (Å²) in [7, 11) is 0. The number of hydrogen-bond acceptors (Lipinski definition) is 4. The average Bonchev–Trinajstić information content (AvgIpc) is 2.58. The second-order valence-electron chi connectivity index (χ2n) is 4.76. The van der Waals surface area contributed by atoms with Gasteiger partial charge in [-0.3, -0.25) is 14.3 Å². The molecule has 2 heterocycles. The molecule has 3 N–H and O–H groups in total. The average molecular weight is 265 g/mol. The minimum Gasteiger partial charge on any atom is -0.396 e. The number of nitrogens with two attached hydrogens (primary N) is 1. The second-order valence-corrected chi connectivity index (χ2v) is 4.76. The fourth-order valence-electron chi connectivity index (χ4n) is 2.11. The van der Waals surface area contributed by atoms with E-state index in [1.165, 1.54) is 0 Å². The van der Waals surface area contributed by atoms with E-state index in [0.717, 1.165) is 17.8 Å². The van der Waals surface area contributed by atoms with Gasteiger partial charge in [0.1, 0.15) is 6.54 Å². The van der Waals surface area contributed by atoms with E-state index in [1.807, 2.05) is 13.8 Å². The first-order chi connectivity index (χ1) is 8.99. The van der Waals surface area contributed by atoms with Crippen LogP contribution in [0.25, 0.3) is 0 Å². The molecule has 2 amide bonds. The summed E-state index contributed by atoms with van der Waals surface area (Å²) < 4.78 is 1.59. The Hall–Kier alpha value is -2.05. The molecule has 0 bridgehead atoms. The SMILES string of the molecule is Cc1nn(CC(=O)N2CCCNC(=O)C2)c(C)c1N. The van der Waals surface area contributed by atoms with Crippen LogP contribution >= 0.6 is 0 Å². The van der Waals surface area contributed by atoms with E-state index in [1.54, 1.807) is 9.58 Å². The maximum atomic E-state index is 12.2. The molecule has 1 saturated heterocycles. The van der Waals surface area contributed by atoms with Crippen LogP contribution in [0.1, 0.15) is 17.8 Å². The van der Waals surface area contributed by atoms with Crippen LogP contribution in [0.15, 0.2) is 0 Å². The predicted octanol–water partition coefficient (Wildman–Crippen LogP) is -0.569. The van der Waals surface area contributed by atoms with Gasteiger partial charge in [-0.2, -0.15) is 5.10 Å². The molecule has 1 aromatic rings. The molecule has 0 radical (unpaired) electrons. The Morgan fingerprint density at radius 3 is 2.84 bits per heavy atom. The molecule has 0 spiro atoms. The predicted molar refractivity (Wildman–Crippen MR) is 70.3 cm³/mol. The summed E-state index contributed by atoms with van der Waals surface area (Å²) in [6.07, 6.45) is 0.775. The molecule has 19 heavy (non-hydrogen) atoms. The third kappa shape index (κ3) is 2.86. The first kappa shape index (κ1) is 13.4. The molecular formula is C12H19N5O2. The molecule has 1 fully saturated rings.